The van der Waals surface area contributed by atoms with Gasteiger partial charge in [0.05, 0.1) is 18.8 Å². The Morgan fingerprint density at radius 1 is 1.67 bits per heavy atom. The highest BCUT2D eigenvalue weighted by molar-refractivity contribution is 4.93. The van der Waals surface area contributed by atoms with Crippen LogP contribution in [0.1, 0.15) is 12.7 Å². The summed E-state index contributed by atoms with van der Waals surface area (Å²) >= 11 is 0. The summed E-state index contributed by atoms with van der Waals surface area (Å²) in [5.41, 5.74) is 2.85. The molecule has 0 bridgehead atoms. The topological polar surface area (TPSA) is 81.2 Å². The minimum Gasteiger partial charge on any atom is -0.374 e. The second-order valence-corrected chi connectivity index (χ2v) is 4.64. The molecule has 2 heterocycles. The molecule has 1 aliphatic heterocycles. The lowest BCUT2D eigenvalue weighted by Crippen LogP contribution is -2.54. The highest BCUT2D eigenvalue weighted by Gasteiger charge is 2.27. The van der Waals surface area contributed by atoms with Crippen LogP contribution in [-0.4, -0.2) is 58.6 Å². The Hall–Kier alpha value is -1.02. The molecule has 7 heteroatoms. The number of nitrogens with one attached hydrogen (secondary N) is 1. The number of ether oxygens (including phenoxy) is 1. The van der Waals surface area contributed by atoms with Crippen molar-refractivity contribution in [1.82, 2.24) is 25.1 Å². The number of morpholine rings is 1. The van der Waals surface area contributed by atoms with Gasteiger partial charge >= 0.3 is 0 Å². The van der Waals surface area contributed by atoms with E-state index in [0.29, 0.717) is 0 Å². The molecule has 3 N–H and O–H groups in total. The molecule has 2 unspecified atom stereocenters. The maximum atomic E-state index is 5.78. The fourth-order valence-corrected chi connectivity index (χ4v) is 2.26. The van der Waals surface area contributed by atoms with Crippen molar-refractivity contribution in [3.63, 3.8) is 0 Å². The van der Waals surface area contributed by atoms with E-state index in [0.717, 1.165) is 38.5 Å². The van der Waals surface area contributed by atoms with Crippen molar-refractivity contribution in [1.29, 1.82) is 0 Å². The molecule has 18 heavy (non-hydrogen) atoms. The third-order valence-corrected chi connectivity index (χ3v) is 3.36. The first kappa shape index (κ1) is 13.4. The lowest BCUT2D eigenvalue weighted by molar-refractivity contribution is -0.0388. The summed E-state index contributed by atoms with van der Waals surface area (Å²) in [5.74, 6) is 6.59. The highest BCUT2D eigenvalue weighted by Crippen LogP contribution is 2.11. The molecule has 0 radical (unpaired) electrons. The summed E-state index contributed by atoms with van der Waals surface area (Å²) in [5, 5.41) is 4.17. The Kier molecular flexibility index (Phi) is 4.65. The third kappa shape index (κ3) is 3.05. The average Bonchev–Trinajstić information content (AvgIpc) is 2.83. The van der Waals surface area contributed by atoms with Crippen LogP contribution in [0, 0.1) is 0 Å². The molecule has 1 aromatic rings. The van der Waals surface area contributed by atoms with Crippen LogP contribution in [0.3, 0.4) is 0 Å². The van der Waals surface area contributed by atoms with E-state index in [1.54, 1.807) is 6.33 Å². The minimum absolute atomic E-state index is 0.0576. The van der Waals surface area contributed by atoms with Gasteiger partial charge in [-0.3, -0.25) is 16.0 Å². The maximum absolute atomic E-state index is 5.78. The minimum atomic E-state index is 0.0576. The lowest BCUT2D eigenvalue weighted by atomic mass is 10.1. The largest absolute Gasteiger partial charge is 0.374 e. The second-order valence-electron chi connectivity index (χ2n) is 4.64. The predicted octanol–water partition coefficient (Wildman–Crippen LogP) is -0.997. The van der Waals surface area contributed by atoms with Crippen molar-refractivity contribution in [2.24, 2.45) is 5.84 Å². The van der Waals surface area contributed by atoms with Gasteiger partial charge in [0.25, 0.3) is 0 Å². The van der Waals surface area contributed by atoms with Crippen LogP contribution >= 0.6 is 0 Å². The van der Waals surface area contributed by atoms with E-state index in [9.17, 15) is 0 Å². The average molecular weight is 254 g/mol. The quantitative estimate of drug-likeness (QED) is 0.518. The molecule has 0 saturated carbocycles. The molecule has 1 aromatic heterocycles. The summed E-state index contributed by atoms with van der Waals surface area (Å²) in [6, 6.07) is 0.0576. The summed E-state index contributed by atoms with van der Waals surface area (Å²) in [6.45, 7) is 5.47. The number of aryl methyl sites for hydroxylation is 1. The van der Waals surface area contributed by atoms with Gasteiger partial charge in [-0.05, 0) is 14.0 Å². The molecule has 0 aliphatic carbocycles. The molecule has 0 spiro atoms. The van der Waals surface area contributed by atoms with Crippen molar-refractivity contribution >= 4 is 0 Å². The molecular weight excluding hydrogens is 232 g/mol. The van der Waals surface area contributed by atoms with Gasteiger partial charge in [0.15, 0.2) is 0 Å². The van der Waals surface area contributed by atoms with E-state index in [2.05, 4.69) is 27.5 Å². The zero-order valence-electron chi connectivity index (χ0n) is 11.0. The molecule has 0 aromatic carbocycles. The molecule has 7 nitrogen and oxygen atoms in total. The third-order valence-electron chi connectivity index (χ3n) is 3.36. The SMILES string of the molecule is CCn1ncnc1CC(NN)C1CN(C)CCO1. The normalized spacial score (nSPS) is 23.2. The van der Waals surface area contributed by atoms with E-state index >= 15 is 0 Å². The van der Waals surface area contributed by atoms with E-state index in [-0.39, 0.29) is 12.1 Å². The van der Waals surface area contributed by atoms with Gasteiger partial charge in [-0.1, -0.05) is 0 Å². The van der Waals surface area contributed by atoms with Crippen LogP contribution in [0.25, 0.3) is 0 Å². The van der Waals surface area contributed by atoms with Crippen molar-refractivity contribution in [2.45, 2.75) is 32.0 Å². The van der Waals surface area contributed by atoms with Crippen molar-refractivity contribution in [3.05, 3.63) is 12.2 Å². The van der Waals surface area contributed by atoms with Crippen LogP contribution < -0.4 is 11.3 Å². The van der Waals surface area contributed by atoms with Gasteiger partial charge in [0.2, 0.25) is 0 Å². The van der Waals surface area contributed by atoms with Crippen molar-refractivity contribution in [3.8, 4) is 0 Å². The van der Waals surface area contributed by atoms with Gasteiger partial charge < -0.3 is 9.64 Å². The molecule has 1 saturated heterocycles. The Labute approximate surface area is 107 Å². The van der Waals surface area contributed by atoms with Gasteiger partial charge in [0.1, 0.15) is 12.2 Å². The fourth-order valence-electron chi connectivity index (χ4n) is 2.26. The summed E-state index contributed by atoms with van der Waals surface area (Å²) < 4.78 is 7.67. The predicted molar refractivity (Wildman–Crippen MR) is 67.7 cm³/mol. The number of hydrogen-bond donors (Lipinski definition) is 2. The first-order valence-electron chi connectivity index (χ1n) is 6.37. The van der Waals surface area contributed by atoms with Crippen molar-refractivity contribution < 1.29 is 4.74 Å². The van der Waals surface area contributed by atoms with E-state index in [1.807, 2.05) is 11.6 Å². The van der Waals surface area contributed by atoms with Crippen LogP contribution in [0.4, 0.5) is 0 Å². The van der Waals surface area contributed by atoms with Crippen LogP contribution in [0.2, 0.25) is 0 Å². The molecule has 1 aliphatic rings. The van der Waals surface area contributed by atoms with Gasteiger partial charge in [-0.2, -0.15) is 5.10 Å². The van der Waals surface area contributed by atoms with Gasteiger partial charge in [0, 0.05) is 26.1 Å². The van der Waals surface area contributed by atoms with Gasteiger partial charge in [-0.25, -0.2) is 4.98 Å². The zero-order valence-corrected chi connectivity index (χ0v) is 11.0. The Balaban J connectivity index is 2.00. The highest BCUT2D eigenvalue weighted by atomic mass is 16.5. The maximum Gasteiger partial charge on any atom is 0.138 e. The first-order chi connectivity index (χ1) is 8.74. The summed E-state index contributed by atoms with van der Waals surface area (Å²) in [6.07, 6.45) is 2.40. The molecule has 102 valence electrons. The fraction of sp³-hybridized carbons (Fsp3) is 0.818. The molecule has 1 fully saturated rings. The number of nitrogens with zero attached hydrogens (tertiary/aromatic N) is 4. The van der Waals surface area contributed by atoms with Crippen LogP contribution in [0.15, 0.2) is 6.33 Å². The van der Waals surface area contributed by atoms with Crippen LogP contribution in [0.5, 0.6) is 0 Å². The number of hydrazine groups is 1. The summed E-state index contributed by atoms with van der Waals surface area (Å²) in [7, 11) is 2.09. The Morgan fingerprint density at radius 2 is 2.50 bits per heavy atom. The number of hydrogen-bond acceptors (Lipinski definition) is 6. The smallest absolute Gasteiger partial charge is 0.138 e. The number of aromatic nitrogens is 3. The standard InChI is InChI=1S/C11H22N6O/c1-3-17-11(13-8-14-17)6-9(15-12)10-7-16(2)4-5-18-10/h8-10,15H,3-7,12H2,1-2H3. The zero-order chi connectivity index (χ0) is 13.0. The second kappa shape index (κ2) is 6.24. The van der Waals surface area contributed by atoms with E-state index in [4.69, 9.17) is 10.6 Å². The Bertz CT molecular complexity index is 368. The summed E-state index contributed by atoms with van der Waals surface area (Å²) in [4.78, 5) is 6.53. The lowest BCUT2D eigenvalue weighted by Gasteiger charge is -2.34. The monoisotopic (exact) mass is 254 g/mol. The van der Waals surface area contributed by atoms with E-state index in [1.165, 1.54) is 0 Å². The van der Waals surface area contributed by atoms with Gasteiger partial charge in [-0.15, -0.1) is 0 Å². The Morgan fingerprint density at radius 3 is 3.17 bits per heavy atom. The number of nitrogens with two attached hydrogens (primary N) is 1. The van der Waals surface area contributed by atoms with Crippen molar-refractivity contribution in [2.75, 3.05) is 26.7 Å². The first-order valence-corrected chi connectivity index (χ1v) is 6.37. The van der Waals surface area contributed by atoms with Crippen LogP contribution in [-0.2, 0) is 17.7 Å². The number of likely N-dealkylation sites (N-methyl/N-ethyl adjacent to an activating group) is 1. The molecule has 0 amide bonds. The molecule has 2 rings (SSSR count). The molecule has 2 atom stereocenters. The number of rotatable bonds is 5. The molecular formula is C11H22N6O. The van der Waals surface area contributed by atoms with E-state index < -0.39 is 0 Å².